The second-order valence-corrected chi connectivity index (χ2v) is 2.63. The Labute approximate surface area is 67.8 Å². The van der Waals surface area contributed by atoms with E-state index in [2.05, 4.69) is 10.1 Å². The minimum atomic E-state index is -0.189. The minimum absolute atomic E-state index is 0.189. The summed E-state index contributed by atoms with van der Waals surface area (Å²) in [5, 5.41) is 2.77. The van der Waals surface area contributed by atoms with Crippen molar-refractivity contribution >= 4 is 11.5 Å². The highest BCUT2D eigenvalue weighted by molar-refractivity contribution is 5.49. The molecule has 0 fully saturated rings. The van der Waals surface area contributed by atoms with Gasteiger partial charge in [0, 0.05) is 17.8 Å². The van der Waals surface area contributed by atoms with Crippen LogP contribution in [0.25, 0.3) is 5.65 Å². The third-order valence-electron chi connectivity index (χ3n) is 1.70. The molecule has 0 saturated carbocycles. The van der Waals surface area contributed by atoms with E-state index >= 15 is 0 Å². The van der Waals surface area contributed by atoms with Crippen LogP contribution in [0.4, 0.5) is 5.82 Å². The van der Waals surface area contributed by atoms with Crippen LogP contribution < -0.4 is 11.3 Å². The van der Waals surface area contributed by atoms with Crippen LogP contribution in [0.5, 0.6) is 0 Å². The number of anilines is 1. The Bertz CT molecular complexity index is 482. The normalized spacial score (nSPS) is 10.8. The molecule has 0 aliphatic heterocycles. The number of fused-ring (bicyclic) bond motifs is 1. The van der Waals surface area contributed by atoms with Gasteiger partial charge in [0.2, 0.25) is 0 Å². The lowest BCUT2D eigenvalue weighted by Crippen LogP contribution is -2.15. The third kappa shape index (κ3) is 0.795. The van der Waals surface area contributed by atoms with Crippen molar-refractivity contribution in [2.45, 2.75) is 6.92 Å². The number of H-pyrrole nitrogens is 1. The average Bonchev–Trinajstić information content (AvgIpc) is 2.33. The predicted octanol–water partition coefficient (Wildman–Crippen LogP) is -0.0868. The van der Waals surface area contributed by atoms with Gasteiger partial charge in [-0.1, -0.05) is 0 Å². The van der Waals surface area contributed by atoms with Gasteiger partial charge in [-0.3, -0.25) is 9.89 Å². The van der Waals surface area contributed by atoms with Gasteiger partial charge in [-0.25, -0.2) is 9.50 Å². The monoisotopic (exact) mass is 164 g/mol. The number of aryl methyl sites for hydroxylation is 1. The summed E-state index contributed by atoms with van der Waals surface area (Å²) in [6.07, 6.45) is 1.71. The van der Waals surface area contributed by atoms with Crippen molar-refractivity contribution in [2.24, 2.45) is 0 Å². The third-order valence-corrected chi connectivity index (χ3v) is 1.70. The summed E-state index contributed by atoms with van der Waals surface area (Å²) in [7, 11) is 0. The molecule has 0 bridgehead atoms. The van der Waals surface area contributed by atoms with Gasteiger partial charge in [-0.2, -0.15) is 0 Å². The number of hydrogen-bond donors (Lipinski definition) is 2. The van der Waals surface area contributed by atoms with E-state index in [0.717, 1.165) is 5.56 Å². The fourth-order valence-corrected chi connectivity index (χ4v) is 1.12. The van der Waals surface area contributed by atoms with Gasteiger partial charge in [-0.15, -0.1) is 0 Å². The molecule has 2 rings (SSSR count). The maximum absolute atomic E-state index is 11.2. The van der Waals surface area contributed by atoms with Crippen LogP contribution in [0.3, 0.4) is 0 Å². The van der Waals surface area contributed by atoms with Crippen molar-refractivity contribution in [2.75, 3.05) is 5.73 Å². The van der Waals surface area contributed by atoms with Crippen molar-refractivity contribution in [1.29, 1.82) is 0 Å². The molecule has 0 atom stereocenters. The van der Waals surface area contributed by atoms with E-state index in [1.807, 2.05) is 6.92 Å². The van der Waals surface area contributed by atoms with Crippen molar-refractivity contribution < 1.29 is 0 Å². The van der Waals surface area contributed by atoms with Crippen molar-refractivity contribution in [3.63, 3.8) is 0 Å². The molecular weight excluding hydrogens is 156 g/mol. The fraction of sp³-hybridized carbons (Fsp3) is 0.143. The van der Waals surface area contributed by atoms with Gasteiger partial charge >= 0.3 is 0 Å². The molecule has 0 spiro atoms. The topological polar surface area (TPSA) is 76.2 Å². The van der Waals surface area contributed by atoms with Crippen molar-refractivity contribution in [3.8, 4) is 0 Å². The number of nitrogens with two attached hydrogens (primary N) is 1. The standard InChI is InChI=1S/C7H8N4O/c1-4-3-9-11-6(12)2-5(8)10-7(4)11/h2-3,9H,8H2,1H3. The van der Waals surface area contributed by atoms with Crippen molar-refractivity contribution in [3.05, 3.63) is 28.2 Å². The maximum Gasteiger partial charge on any atom is 0.274 e. The van der Waals surface area contributed by atoms with Crippen LogP contribution in [0.15, 0.2) is 17.1 Å². The molecule has 5 nitrogen and oxygen atoms in total. The van der Waals surface area contributed by atoms with Gasteiger partial charge in [-0.05, 0) is 6.92 Å². The van der Waals surface area contributed by atoms with Crippen molar-refractivity contribution in [1.82, 2.24) is 14.6 Å². The Morgan fingerprint density at radius 1 is 1.67 bits per heavy atom. The van der Waals surface area contributed by atoms with Crippen LogP contribution in [0.2, 0.25) is 0 Å². The first-order chi connectivity index (χ1) is 5.68. The molecule has 0 saturated heterocycles. The van der Waals surface area contributed by atoms with E-state index in [4.69, 9.17) is 5.73 Å². The number of aromatic amines is 1. The molecule has 2 heterocycles. The van der Waals surface area contributed by atoms with Gasteiger partial charge in [0.25, 0.3) is 5.56 Å². The van der Waals surface area contributed by atoms with E-state index in [9.17, 15) is 4.79 Å². The Morgan fingerprint density at radius 2 is 2.42 bits per heavy atom. The Morgan fingerprint density at radius 3 is 3.17 bits per heavy atom. The highest BCUT2D eigenvalue weighted by atomic mass is 16.1. The molecule has 2 aromatic heterocycles. The first-order valence-corrected chi connectivity index (χ1v) is 3.52. The lowest BCUT2D eigenvalue weighted by Gasteiger charge is -1.93. The van der Waals surface area contributed by atoms with E-state index in [1.165, 1.54) is 10.6 Å². The molecule has 0 aliphatic carbocycles. The summed E-state index contributed by atoms with van der Waals surface area (Å²) in [6, 6.07) is 1.28. The van der Waals surface area contributed by atoms with E-state index < -0.39 is 0 Å². The lowest BCUT2D eigenvalue weighted by molar-refractivity contribution is 0.902. The molecule has 0 aromatic carbocycles. The molecule has 12 heavy (non-hydrogen) atoms. The summed E-state index contributed by atoms with van der Waals surface area (Å²) in [4.78, 5) is 15.2. The molecule has 5 heteroatoms. The van der Waals surface area contributed by atoms with E-state index in [0.29, 0.717) is 5.65 Å². The summed E-state index contributed by atoms with van der Waals surface area (Å²) in [5.41, 5.74) is 6.71. The number of aromatic nitrogens is 3. The quantitative estimate of drug-likeness (QED) is 0.571. The van der Waals surface area contributed by atoms with Crippen LogP contribution in [0.1, 0.15) is 5.56 Å². The van der Waals surface area contributed by atoms with Gasteiger partial charge in [0.15, 0.2) is 5.65 Å². The molecule has 0 aliphatic rings. The fourth-order valence-electron chi connectivity index (χ4n) is 1.12. The van der Waals surface area contributed by atoms with Gasteiger partial charge in [0.1, 0.15) is 5.82 Å². The number of rotatable bonds is 0. The van der Waals surface area contributed by atoms with Crippen LogP contribution in [-0.4, -0.2) is 14.6 Å². The van der Waals surface area contributed by atoms with E-state index in [-0.39, 0.29) is 11.4 Å². The second kappa shape index (κ2) is 2.10. The number of nitrogens with one attached hydrogen (secondary N) is 1. The largest absolute Gasteiger partial charge is 0.383 e. The first-order valence-electron chi connectivity index (χ1n) is 3.52. The number of hydrogen-bond acceptors (Lipinski definition) is 3. The van der Waals surface area contributed by atoms with E-state index in [1.54, 1.807) is 6.20 Å². The SMILES string of the molecule is Cc1c[nH]n2c(=O)cc(N)nc12. The maximum atomic E-state index is 11.2. The summed E-state index contributed by atoms with van der Waals surface area (Å²) in [6.45, 7) is 1.86. The number of nitrogen functional groups attached to an aromatic ring is 1. The summed E-state index contributed by atoms with van der Waals surface area (Å²) in [5.74, 6) is 0.253. The lowest BCUT2D eigenvalue weighted by atomic mass is 10.4. The zero-order valence-electron chi connectivity index (χ0n) is 6.53. The zero-order valence-corrected chi connectivity index (χ0v) is 6.53. The Balaban J connectivity index is 3.03. The minimum Gasteiger partial charge on any atom is -0.383 e. The van der Waals surface area contributed by atoms with Crippen LogP contribution in [0, 0.1) is 6.92 Å². The van der Waals surface area contributed by atoms with Gasteiger partial charge in [0.05, 0.1) is 0 Å². The molecular formula is C7H8N4O. The van der Waals surface area contributed by atoms with Crippen LogP contribution in [-0.2, 0) is 0 Å². The predicted molar refractivity (Wildman–Crippen MR) is 45.0 cm³/mol. The molecule has 2 aromatic rings. The molecule has 62 valence electrons. The first kappa shape index (κ1) is 6.90. The second-order valence-electron chi connectivity index (χ2n) is 2.63. The Kier molecular flexibility index (Phi) is 1.21. The zero-order chi connectivity index (χ0) is 8.72. The summed E-state index contributed by atoms with van der Waals surface area (Å²) >= 11 is 0. The molecule has 0 radical (unpaired) electrons. The molecule has 0 unspecified atom stereocenters. The van der Waals surface area contributed by atoms with Crippen LogP contribution >= 0.6 is 0 Å². The highest BCUT2D eigenvalue weighted by Crippen LogP contribution is 2.04. The smallest absolute Gasteiger partial charge is 0.274 e. The Hall–Kier alpha value is -1.78. The molecule has 0 amide bonds. The average molecular weight is 164 g/mol. The van der Waals surface area contributed by atoms with Gasteiger partial charge < -0.3 is 5.73 Å². The molecule has 3 N–H and O–H groups in total. The number of nitrogens with zero attached hydrogens (tertiary/aromatic N) is 2. The summed E-state index contributed by atoms with van der Waals surface area (Å²) < 4.78 is 1.35. The highest BCUT2D eigenvalue weighted by Gasteiger charge is 2.02.